The van der Waals surface area contributed by atoms with E-state index in [9.17, 15) is 8.76 Å². The summed E-state index contributed by atoms with van der Waals surface area (Å²) in [6.07, 6.45) is 0.789. The van der Waals surface area contributed by atoms with Crippen LogP contribution in [0.3, 0.4) is 0 Å². The predicted molar refractivity (Wildman–Crippen MR) is 84.3 cm³/mol. The Morgan fingerprint density at radius 3 is 2.58 bits per heavy atom. The predicted octanol–water partition coefficient (Wildman–Crippen LogP) is 3.41. The van der Waals surface area contributed by atoms with E-state index in [4.69, 9.17) is 9.47 Å². The van der Waals surface area contributed by atoms with Gasteiger partial charge in [-0.2, -0.15) is 0 Å². The number of benzene rings is 1. The van der Waals surface area contributed by atoms with E-state index in [1.165, 1.54) is 0 Å². The third kappa shape index (κ3) is 5.02. The van der Waals surface area contributed by atoms with Crippen LogP contribution in [0, 0.1) is 3.57 Å². The molecule has 108 valence electrons. The molecule has 1 aromatic carbocycles. The fraction of sp³-hybridized carbons (Fsp3) is 0.538. The van der Waals surface area contributed by atoms with Crippen molar-refractivity contribution in [3.63, 3.8) is 0 Å². The highest BCUT2D eigenvalue weighted by molar-refractivity contribution is 14.1. The molecule has 1 N–H and O–H groups in total. The largest absolute Gasteiger partial charge is 0.493 e. The van der Waals surface area contributed by atoms with Gasteiger partial charge in [0, 0.05) is 23.7 Å². The van der Waals surface area contributed by atoms with Crippen LogP contribution in [0.5, 0.6) is 5.75 Å². The van der Waals surface area contributed by atoms with Crippen molar-refractivity contribution in [1.29, 1.82) is 0 Å². The molecular weight excluding hydrogens is 379 g/mol. The summed E-state index contributed by atoms with van der Waals surface area (Å²) in [6.45, 7) is 5.32. The van der Waals surface area contributed by atoms with Crippen LogP contribution in [0.25, 0.3) is 0 Å². The number of methoxy groups -OCH3 is 1. The summed E-state index contributed by atoms with van der Waals surface area (Å²) >= 11 is 0.0803. The zero-order valence-electron chi connectivity index (χ0n) is 11.3. The molecule has 1 atom stereocenters. The lowest BCUT2D eigenvalue weighted by molar-refractivity contribution is 0.171. The summed E-state index contributed by atoms with van der Waals surface area (Å²) in [6, 6.07) is 3.58. The molecule has 1 unspecified atom stereocenters. The van der Waals surface area contributed by atoms with Crippen LogP contribution < -0.4 is 4.74 Å². The Bertz CT molecular complexity index is 449. The first-order valence-electron chi connectivity index (χ1n) is 6.03. The molecule has 0 aliphatic rings. The van der Waals surface area contributed by atoms with Gasteiger partial charge in [-0.15, -0.1) is 0 Å². The van der Waals surface area contributed by atoms with Crippen LogP contribution in [0.4, 0.5) is 0 Å². The Balaban J connectivity index is 2.97. The number of hydrogen-bond donors (Lipinski definition) is 1. The Kier molecular flexibility index (Phi) is 7.27. The first-order valence-corrected chi connectivity index (χ1v) is 8.22. The topological polar surface area (TPSA) is 55.8 Å². The van der Waals surface area contributed by atoms with Crippen LogP contribution >= 0.6 is 22.6 Å². The van der Waals surface area contributed by atoms with E-state index in [2.05, 4.69) is 36.4 Å². The monoisotopic (exact) mass is 398 g/mol. The SMILES string of the molecule is COCCCOc1cc(S(=O)O)c(I)cc1C(C)C. The molecule has 19 heavy (non-hydrogen) atoms. The van der Waals surface area contributed by atoms with Gasteiger partial charge < -0.3 is 14.0 Å². The molecule has 1 aromatic rings. The maximum Gasteiger partial charge on any atom is 0.187 e. The lowest BCUT2D eigenvalue weighted by Crippen LogP contribution is -2.06. The molecule has 0 aliphatic carbocycles. The van der Waals surface area contributed by atoms with Crippen LogP contribution in [0.2, 0.25) is 0 Å². The minimum absolute atomic E-state index is 0.298. The zero-order chi connectivity index (χ0) is 14.4. The van der Waals surface area contributed by atoms with Gasteiger partial charge in [-0.3, -0.25) is 0 Å². The van der Waals surface area contributed by atoms with Gasteiger partial charge in [0.25, 0.3) is 0 Å². The molecule has 1 rings (SSSR count). The average Bonchev–Trinajstić information content (AvgIpc) is 2.35. The second kappa shape index (κ2) is 8.18. The standard InChI is InChI=1S/C13H19IO4S/c1-9(2)10-7-11(14)13(19(15)16)8-12(10)18-6-4-5-17-3/h7-9H,4-6H2,1-3H3,(H,15,16). The van der Waals surface area contributed by atoms with Crippen molar-refractivity contribution in [1.82, 2.24) is 0 Å². The normalized spacial score (nSPS) is 12.7. The molecule has 0 saturated carbocycles. The third-order valence-corrected chi connectivity index (χ3v) is 4.60. The Morgan fingerprint density at radius 1 is 1.37 bits per heavy atom. The highest BCUT2D eigenvalue weighted by Crippen LogP contribution is 2.32. The minimum Gasteiger partial charge on any atom is -0.493 e. The van der Waals surface area contributed by atoms with Crippen LogP contribution in [0.15, 0.2) is 17.0 Å². The third-order valence-electron chi connectivity index (χ3n) is 2.62. The molecule has 0 amide bonds. The maximum atomic E-state index is 11.3. The van der Waals surface area contributed by atoms with Crippen molar-refractivity contribution in [2.24, 2.45) is 0 Å². The quantitative estimate of drug-likeness (QED) is 0.435. The molecule has 0 aromatic heterocycles. The molecule has 4 nitrogen and oxygen atoms in total. The molecule has 0 bridgehead atoms. The molecular formula is C13H19IO4S. The minimum atomic E-state index is -1.99. The smallest absolute Gasteiger partial charge is 0.187 e. The van der Waals surface area contributed by atoms with Crippen LogP contribution in [0.1, 0.15) is 31.7 Å². The van der Waals surface area contributed by atoms with Gasteiger partial charge in [-0.25, -0.2) is 4.21 Å². The van der Waals surface area contributed by atoms with Crippen molar-refractivity contribution in [3.8, 4) is 5.75 Å². The highest BCUT2D eigenvalue weighted by atomic mass is 127. The average molecular weight is 398 g/mol. The molecule has 0 fully saturated rings. The summed E-state index contributed by atoms with van der Waals surface area (Å²) in [5.74, 6) is 0.982. The Morgan fingerprint density at radius 2 is 2.05 bits per heavy atom. The first-order chi connectivity index (χ1) is 8.97. The molecule has 6 heteroatoms. The molecule has 0 heterocycles. The van der Waals surface area contributed by atoms with E-state index in [-0.39, 0.29) is 0 Å². The van der Waals surface area contributed by atoms with Gasteiger partial charge >= 0.3 is 0 Å². The lowest BCUT2D eigenvalue weighted by Gasteiger charge is -2.16. The van der Waals surface area contributed by atoms with Gasteiger partial charge in [-0.1, -0.05) is 13.8 Å². The fourth-order valence-corrected chi connectivity index (χ4v) is 3.14. The van der Waals surface area contributed by atoms with E-state index in [0.717, 1.165) is 15.6 Å². The molecule has 0 spiro atoms. The first kappa shape index (κ1) is 16.9. The summed E-state index contributed by atoms with van der Waals surface area (Å²) in [7, 11) is 1.65. The van der Waals surface area contributed by atoms with Gasteiger partial charge in [0.1, 0.15) is 5.75 Å². The highest BCUT2D eigenvalue weighted by Gasteiger charge is 2.15. The summed E-state index contributed by atoms with van der Waals surface area (Å²) < 4.78 is 32.0. The van der Waals surface area contributed by atoms with E-state index >= 15 is 0 Å². The fourth-order valence-electron chi connectivity index (χ4n) is 1.65. The zero-order valence-corrected chi connectivity index (χ0v) is 14.3. The van der Waals surface area contributed by atoms with Gasteiger partial charge in [0.15, 0.2) is 11.1 Å². The lowest BCUT2D eigenvalue weighted by atomic mass is 10.0. The second-order valence-electron chi connectivity index (χ2n) is 4.42. The number of rotatable bonds is 7. The number of ether oxygens (including phenoxy) is 2. The number of hydrogen-bond acceptors (Lipinski definition) is 3. The summed E-state index contributed by atoms with van der Waals surface area (Å²) in [5.41, 5.74) is 1.05. The van der Waals surface area contributed by atoms with Crippen molar-refractivity contribution in [2.75, 3.05) is 20.3 Å². The van der Waals surface area contributed by atoms with E-state index < -0.39 is 11.1 Å². The summed E-state index contributed by atoms with van der Waals surface area (Å²) in [4.78, 5) is 0.395. The molecule has 0 aliphatic heterocycles. The van der Waals surface area contributed by atoms with Gasteiger partial charge in [-0.05, 0) is 46.2 Å². The van der Waals surface area contributed by atoms with E-state index in [1.54, 1.807) is 13.2 Å². The molecule has 0 saturated heterocycles. The van der Waals surface area contributed by atoms with Crippen LogP contribution in [-0.2, 0) is 15.8 Å². The Labute approximate surface area is 130 Å². The van der Waals surface area contributed by atoms with Gasteiger partial charge in [0.2, 0.25) is 0 Å². The Hall–Kier alpha value is -0.180. The maximum absolute atomic E-state index is 11.3. The van der Waals surface area contributed by atoms with Gasteiger partial charge in [0.05, 0.1) is 11.5 Å². The number of halogens is 1. The van der Waals surface area contributed by atoms with Crippen molar-refractivity contribution >= 4 is 33.7 Å². The molecule has 0 radical (unpaired) electrons. The van der Waals surface area contributed by atoms with E-state index in [0.29, 0.717) is 29.8 Å². The summed E-state index contributed by atoms with van der Waals surface area (Å²) in [5, 5.41) is 0. The van der Waals surface area contributed by atoms with E-state index in [1.807, 2.05) is 6.07 Å². The van der Waals surface area contributed by atoms with Crippen molar-refractivity contribution in [3.05, 3.63) is 21.3 Å². The second-order valence-corrected chi connectivity index (χ2v) is 6.52. The van der Waals surface area contributed by atoms with Crippen molar-refractivity contribution in [2.45, 2.75) is 31.1 Å². The van der Waals surface area contributed by atoms with Crippen molar-refractivity contribution < 1.29 is 18.2 Å². The van der Waals surface area contributed by atoms with Crippen LogP contribution in [-0.4, -0.2) is 29.1 Å².